The Labute approximate surface area is 154 Å². The summed E-state index contributed by atoms with van der Waals surface area (Å²) in [7, 11) is 0. The summed E-state index contributed by atoms with van der Waals surface area (Å²) in [5.41, 5.74) is 0. The zero-order valence-corrected chi connectivity index (χ0v) is 17.0. The Balaban J connectivity index is 1.66. The summed E-state index contributed by atoms with van der Waals surface area (Å²) in [5.74, 6) is 0.977. The van der Waals surface area contributed by atoms with Crippen molar-refractivity contribution in [3.8, 4) is 0 Å². The third kappa shape index (κ3) is 14.4. The quantitative estimate of drug-likeness (QED) is 0.232. The molecule has 0 amide bonds. The van der Waals surface area contributed by atoms with Crippen molar-refractivity contribution in [1.29, 1.82) is 0 Å². The maximum Gasteiger partial charge on any atom is -0.0355 e. The van der Waals surface area contributed by atoms with Crippen LogP contribution in [0.1, 0.15) is 142 Å². The van der Waals surface area contributed by atoms with Crippen molar-refractivity contribution in [3.63, 3.8) is 0 Å². The Morgan fingerprint density at radius 3 is 1.42 bits per heavy atom. The second kappa shape index (κ2) is 17.8. The first-order chi connectivity index (χ1) is 11.9. The van der Waals surface area contributed by atoms with E-state index in [0.717, 1.165) is 5.92 Å². The van der Waals surface area contributed by atoms with Gasteiger partial charge in [0.05, 0.1) is 0 Å². The van der Waals surface area contributed by atoms with Gasteiger partial charge in [0.25, 0.3) is 0 Å². The predicted octanol–water partition coefficient (Wildman–Crippen LogP) is 9.03. The predicted molar refractivity (Wildman–Crippen MR) is 110 cm³/mol. The highest BCUT2D eigenvalue weighted by molar-refractivity contribution is 4.79. The first kappa shape index (κ1) is 22.0. The molecule has 1 rings (SSSR count). The SMILES string of the molecule is CCCCCCCCCCCCCCCCC[CH]C1CCCCC1. The van der Waals surface area contributed by atoms with E-state index in [-0.39, 0.29) is 0 Å². The summed E-state index contributed by atoms with van der Waals surface area (Å²) in [4.78, 5) is 0. The van der Waals surface area contributed by atoms with Gasteiger partial charge >= 0.3 is 0 Å². The van der Waals surface area contributed by atoms with Crippen molar-refractivity contribution < 1.29 is 0 Å². The molecule has 0 N–H and O–H groups in total. The molecule has 1 aliphatic carbocycles. The first-order valence-electron chi connectivity index (χ1n) is 11.8. The van der Waals surface area contributed by atoms with Crippen molar-refractivity contribution in [2.45, 2.75) is 142 Å². The summed E-state index contributed by atoms with van der Waals surface area (Å²) in [6.07, 6.45) is 33.6. The van der Waals surface area contributed by atoms with Gasteiger partial charge in [-0.15, -0.1) is 0 Å². The van der Waals surface area contributed by atoms with Crippen LogP contribution in [0, 0.1) is 12.3 Å². The highest BCUT2D eigenvalue weighted by Crippen LogP contribution is 2.27. The van der Waals surface area contributed by atoms with E-state index in [1.165, 1.54) is 135 Å². The van der Waals surface area contributed by atoms with Crippen LogP contribution in [-0.2, 0) is 0 Å². The molecule has 0 unspecified atom stereocenters. The molecule has 0 aromatic rings. The minimum Gasteiger partial charge on any atom is -0.0654 e. The van der Waals surface area contributed by atoms with Gasteiger partial charge in [-0.25, -0.2) is 0 Å². The van der Waals surface area contributed by atoms with Gasteiger partial charge in [0.1, 0.15) is 0 Å². The number of hydrogen-bond acceptors (Lipinski definition) is 0. The Bertz CT molecular complexity index is 226. The molecule has 0 aromatic heterocycles. The molecule has 0 heterocycles. The van der Waals surface area contributed by atoms with Crippen molar-refractivity contribution in [2.24, 2.45) is 5.92 Å². The van der Waals surface area contributed by atoms with Crippen LogP contribution in [0.3, 0.4) is 0 Å². The highest BCUT2D eigenvalue weighted by Gasteiger charge is 2.12. The zero-order valence-electron chi connectivity index (χ0n) is 17.0. The van der Waals surface area contributed by atoms with E-state index < -0.39 is 0 Å². The third-order valence-corrected chi connectivity index (χ3v) is 5.96. The van der Waals surface area contributed by atoms with Crippen LogP contribution in [-0.4, -0.2) is 0 Å². The van der Waals surface area contributed by atoms with E-state index in [1.54, 1.807) is 0 Å². The molecular formula is C24H47. The molecule has 0 spiro atoms. The Morgan fingerprint density at radius 1 is 0.542 bits per heavy atom. The molecule has 0 nitrogen and oxygen atoms in total. The fourth-order valence-corrected chi connectivity index (χ4v) is 4.24. The molecule has 1 fully saturated rings. The topological polar surface area (TPSA) is 0 Å². The molecule has 1 saturated carbocycles. The smallest absolute Gasteiger partial charge is 0.0355 e. The van der Waals surface area contributed by atoms with Gasteiger partial charge < -0.3 is 0 Å². The van der Waals surface area contributed by atoms with Crippen LogP contribution >= 0.6 is 0 Å². The van der Waals surface area contributed by atoms with Crippen LogP contribution in [0.15, 0.2) is 0 Å². The zero-order chi connectivity index (χ0) is 17.1. The van der Waals surface area contributed by atoms with Crippen molar-refractivity contribution in [3.05, 3.63) is 6.42 Å². The number of unbranched alkanes of at least 4 members (excludes halogenated alkanes) is 15. The van der Waals surface area contributed by atoms with Crippen LogP contribution in [0.25, 0.3) is 0 Å². The normalized spacial score (nSPS) is 15.9. The first-order valence-corrected chi connectivity index (χ1v) is 11.8. The second-order valence-electron chi connectivity index (χ2n) is 8.37. The molecule has 0 aromatic carbocycles. The molecule has 0 saturated heterocycles. The molecule has 0 aliphatic heterocycles. The minimum absolute atomic E-state index is 0.977. The lowest BCUT2D eigenvalue weighted by molar-refractivity contribution is 0.387. The molecule has 0 bridgehead atoms. The van der Waals surface area contributed by atoms with Gasteiger partial charge in [0.2, 0.25) is 0 Å². The highest BCUT2D eigenvalue weighted by atomic mass is 14.2. The largest absolute Gasteiger partial charge is 0.0654 e. The van der Waals surface area contributed by atoms with E-state index in [4.69, 9.17) is 0 Å². The van der Waals surface area contributed by atoms with E-state index in [9.17, 15) is 0 Å². The summed E-state index contributed by atoms with van der Waals surface area (Å²) in [6.45, 7) is 2.30. The van der Waals surface area contributed by atoms with Crippen LogP contribution in [0.4, 0.5) is 0 Å². The maximum atomic E-state index is 2.65. The lowest BCUT2D eigenvalue weighted by Gasteiger charge is -2.20. The van der Waals surface area contributed by atoms with Gasteiger partial charge in [0, 0.05) is 0 Å². The van der Waals surface area contributed by atoms with Crippen LogP contribution < -0.4 is 0 Å². The second-order valence-corrected chi connectivity index (χ2v) is 8.37. The van der Waals surface area contributed by atoms with E-state index in [2.05, 4.69) is 13.3 Å². The summed E-state index contributed by atoms with van der Waals surface area (Å²) < 4.78 is 0. The molecule has 24 heavy (non-hydrogen) atoms. The van der Waals surface area contributed by atoms with Crippen molar-refractivity contribution >= 4 is 0 Å². The van der Waals surface area contributed by atoms with Crippen LogP contribution in [0.2, 0.25) is 0 Å². The lowest BCUT2D eigenvalue weighted by Crippen LogP contribution is -2.06. The van der Waals surface area contributed by atoms with Gasteiger partial charge in [-0.2, -0.15) is 0 Å². The molecule has 0 atom stereocenters. The molecule has 1 radical (unpaired) electrons. The summed E-state index contributed by atoms with van der Waals surface area (Å²) in [6, 6.07) is 0. The minimum atomic E-state index is 0.977. The molecule has 0 heteroatoms. The van der Waals surface area contributed by atoms with Gasteiger partial charge in [0.15, 0.2) is 0 Å². The summed E-state index contributed by atoms with van der Waals surface area (Å²) in [5, 5.41) is 0. The van der Waals surface area contributed by atoms with Crippen molar-refractivity contribution in [2.75, 3.05) is 0 Å². The monoisotopic (exact) mass is 335 g/mol. The van der Waals surface area contributed by atoms with E-state index >= 15 is 0 Å². The van der Waals surface area contributed by atoms with Gasteiger partial charge in [-0.1, -0.05) is 135 Å². The van der Waals surface area contributed by atoms with Gasteiger partial charge in [-0.3, -0.25) is 0 Å². The molecule has 143 valence electrons. The Kier molecular flexibility index (Phi) is 16.4. The van der Waals surface area contributed by atoms with Crippen molar-refractivity contribution in [1.82, 2.24) is 0 Å². The molecule has 1 aliphatic rings. The lowest BCUT2D eigenvalue weighted by atomic mass is 9.85. The van der Waals surface area contributed by atoms with Gasteiger partial charge in [-0.05, 0) is 18.8 Å². The Hall–Kier alpha value is 0. The standard InChI is InChI=1S/C24H47/c1-2-3-4-5-6-7-8-9-10-11-12-13-14-15-16-18-21-24-22-19-17-20-23-24/h21,24H,2-20,22-23H2,1H3. The third-order valence-electron chi connectivity index (χ3n) is 5.96. The van der Waals surface area contributed by atoms with E-state index in [0.29, 0.717) is 0 Å². The molecular weight excluding hydrogens is 288 g/mol. The maximum absolute atomic E-state index is 2.65. The van der Waals surface area contributed by atoms with Crippen LogP contribution in [0.5, 0.6) is 0 Å². The Morgan fingerprint density at radius 2 is 0.958 bits per heavy atom. The summed E-state index contributed by atoms with van der Waals surface area (Å²) >= 11 is 0. The average Bonchev–Trinajstić information content (AvgIpc) is 2.62. The fourth-order valence-electron chi connectivity index (χ4n) is 4.24. The number of rotatable bonds is 17. The fraction of sp³-hybridized carbons (Fsp3) is 0.958. The van der Waals surface area contributed by atoms with E-state index in [1.807, 2.05) is 0 Å². The number of hydrogen-bond donors (Lipinski definition) is 0. The average molecular weight is 336 g/mol.